The molecule has 6 heteroatoms. The van der Waals surface area contributed by atoms with Gasteiger partial charge in [0.2, 0.25) is 5.91 Å². The molecule has 0 aliphatic heterocycles. The van der Waals surface area contributed by atoms with Crippen molar-refractivity contribution in [2.24, 2.45) is 5.92 Å². The van der Waals surface area contributed by atoms with Crippen molar-refractivity contribution < 1.29 is 14.7 Å². The van der Waals surface area contributed by atoms with E-state index in [-0.39, 0.29) is 18.2 Å². The van der Waals surface area contributed by atoms with Gasteiger partial charge in [-0.1, -0.05) is 35.0 Å². The van der Waals surface area contributed by atoms with Crippen molar-refractivity contribution >= 4 is 39.6 Å². The van der Waals surface area contributed by atoms with Gasteiger partial charge in [-0.3, -0.25) is 9.59 Å². The topological polar surface area (TPSA) is 66.4 Å². The Morgan fingerprint density at radius 3 is 2.45 bits per heavy atom. The summed E-state index contributed by atoms with van der Waals surface area (Å²) in [5.41, 5.74) is 0.792. The Balaban J connectivity index is 2.81. The third-order valence-electron chi connectivity index (χ3n) is 2.83. The van der Waals surface area contributed by atoms with E-state index in [1.54, 1.807) is 11.8 Å². The second-order valence-electron chi connectivity index (χ2n) is 4.57. The molecule has 0 spiro atoms. The Labute approximate surface area is 131 Å². The fourth-order valence-electron chi connectivity index (χ4n) is 1.76. The molecule has 2 unspecified atom stereocenters. The predicted molar refractivity (Wildman–Crippen MR) is 84.8 cm³/mol. The summed E-state index contributed by atoms with van der Waals surface area (Å²) >= 11 is 4.93. The molecule has 0 saturated heterocycles. The number of carbonyl (C=O) groups excluding carboxylic acids is 1. The van der Waals surface area contributed by atoms with Crippen LogP contribution in [0.2, 0.25) is 0 Å². The summed E-state index contributed by atoms with van der Waals surface area (Å²) in [6.07, 6.45) is 1.81. The summed E-state index contributed by atoms with van der Waals surface area (Å²) < 4.78 is 0.914. The summed E-state index contributed by atoms with van der Waals surface area (Å²) in [5.74, 6) is -0.479. The molecule has 2 atom stereocenters. The first kappa shape index (κ1) is 17.0. The SMILES string of the molecule is CSCC(C)C(=O)NC(CC(=O)O)c1ccc(Br)cc1. The molecule has 0 fully saturated rings. The van der Waals surface area contributed by atoms with Gasteiger partial charge in [0.05, 0.1) is 12.5 Å². The van der Waals surface area contributed by atoms with Crippen LogP contribution in [0.5, 0.6) is 0 Å². The van der Waals surface area contributed by atoms with Crippen molar-refractivity contribution in [2.45, 2.75) is 19.4 Å². The Kier molecular flexibility index (Phi) is 7.09. The molecule has 1 aromatic rings. The molecule has 4 nitrogen and oxygen atoms in total. The second kappa shape index (κ2) is 8.32. The maximum absolute atomic E-state index is 12.0. The van der Waals surface area contributed by atoms with E-state index in [2.05, 4.69) is 21.2 Å². The lowest BCUT2D eigenvalue weighted by Gasteiger charge is -2.20. The minimum absolute atomic E-state index is 0.117. The molecular weight excluding hydrogens is 342 g/mol. The van der Waals surface area contributed by atoms with Crippen LogP contribution >= 0.6 is 27.7 Å². The first-order valence-electron chi connectivity index (χ1n) is 6.20. The second-order valence-corrected chi connectivity index (χ2v) is 6.39. The summed E-state index contributed by atoms with van der Waals surface area (Å²) in [6, 6.07) is 6.80. The molecule has 0 aliphatic carbocycles. The van der Waals surface area contributed by atoms with Gasteiger partial charge in [0.15, 0.2) is 0 Å². The van der Waals surface area contributed by atoms with E-state index in [1.807, 2.05) is 37.4 Å². The molecule has 0 aliphatic rings. The molecule has 110 valence electrons. The van der Waals surface area contributed by atoms with E-state index >= 15 is 0 Å². The van der Waals surface area contributed by atoms with Gasteiger partial charge in [-0.25, -0.2) is 0 Å². The normalized spacial score (nSPS) is 13.6. The number of aliphatic carboxylic acids is 1. The standard InChI is InChI=1S/C14H18BrNO3S/c1-9(8-20-2)14(19)16-12(7-13(17)18)10-3-5-11(15)6-4-10/h3-6,9,12H,7-8H2,1-2H3,(H,16,19)(H,17,18). The first-order valence-corrected chi connectivity index (χ1v) is 8.39. The van der Waals surface area contributed by atoms with Crippen LogP contribution in [0, 0.1) is 5.92 Å². The summed E-state index contributed by atoms with van der Waals surface area (Å²) in [4.78, 5) is 23.0. The fourth-order valence-corrected chi connectivity index (χ4v) is 2.68. The van der Waals surface area contributed by atoms with Crippen molar-refractivity contribution in [2.75, 3.05) is 12.0 Å². The van der Waals surface area contributed by atoms with Gasteiger partial charge in [0.1, 0.15) is 0 Å². The van der Waals surface area contributed by atoms with Crippen molar-refractivity contribution in [3.05, 3.63) is 34.3 Å². The Hall–Kier alpha value is -1.01. The smallest absolute Gasteiger partial charge is 0.305 e. The average Bonchev–Trinajstić information content (AvgIpc) is 2.38. The summed E-state index contributed by atoms with van der Waals surface area (Å²) in [5, 5.41) is 11.8. The highest BCUT2D eigenvalue weighted by Crippen LogP contribution is 2.20. The highest BCUT2D eigenvalue weighted by atomic mass is 79.9. The zero-order valence-corrected chi connectivity index (χ0v) is 13.8. The fraction of sp³-hybridized carbons (Fsp3) is 0.429. The lowest BCUT2D eigenvalue weighted by molar-refractivity contribution is -0.137. The number of thioether (sulfide) groups is 1. The van der Waals surface area contributed by atoms with Crippen LogP contribution in [0.3, 0.4) is 0 Å². The molecule has 0 bridgehead atoms. The van der Waals surface area contributed by atoms with E-state index < -0.39 is 12.0 Å². The molecular formula is C14H18BrNO3S. The minimum atomic E-state index is -0.935. The van der Waals surface area contributed by atoms with Crippen LogP contribution in [0.1, 0.15) is 24.9 Å². The lowest BCUT2D eigenvalue weighted by atomic mass is 10.0. The molecule has 2 N–H and O–H groups in total. The maximum Gasteiger partial charge on any atom is 0.305 e. The largest absolute Gasteiger partial charge is 0.481 e. The van der Waals surface area contributed by atoms with Crippen molar-refractivity contribution in [1.82, 2.24) is 5.32 Å². The molecule has 0 saturated carbocycles. The van der Waals surface area contributed by atoms with Crippen LogP contribution in [-0.2, 0) is 9.59 Å². The first-order chi connectivity index (χ1) is 9.43. The molecule has 20 heavy (non-hydrogen) atoms. The summed E-state index contributed by atoms with van der Waals surface area (Å²) in [7, 11) is 0. The molecule has 1 rings (SSSR count). The molecule has 1 amide bonds. The van der Waals surface area contributed by atoms with Gasteiger partial charge >= 0.3 is 5.97 Å². The number of amides is 1. The van der Waals surface area contributed by atoms with Crippen LogP contribution in [-0.4, -0.2) is 29.0 Å². The number of carboxylic acid groups (broad SMARTS) is 1. The number of carboxylic acids is 1. The van der Waals surface area contributed by atoms with E-state index in [1.165, 1.54) is 0 Å². The van der Waals surface area contributed by atoms with E-state index in [4.69, 9.17) is 5.11 Å². The number of hydrogen-bond donors (Lipinski definition) is 2. The third kappa shape index (κ3) is 5.54. The van der Waals surface area contributed by atoms with Gasteiger partial charge in [0.25, 0.3) is 0 Å². The zero-order chi connectivity index (χ0) is 15.1. The summed E-state index contributed by atoms with van der Waals surface area (Å²) in [6.45, 7) is 1.84. The maximum atomic E-state index is 12.0. The highest BCUT2D eigenvalue weighted by Gasteiger charge is 2.21. The van der Waals surface area contributed by atoms with Gasteiger partial charge in [-0.15, -0.1) is 0 Å². The van der Waals surface area contributed by atoms with Crippen molar-refractivity contribution in [3.63, 3.8) is 0 Å². The van der Waals surface area contributed by atoms with Gasteiger partial charge in [-0.2, -0.15) is 11.8 Å². The minimum Gasteiger partial charge on any atom is -0.481 e. The quantitative estimate of drug-likeness (QED) is 0.784. The number of rotatable bonds is 7. The number of carbonyl (C=O) groups is 2. The van der Waals surface area contributed by atoms with Crippen LogP contribution in [0.15, 0.2) is 28.7 Å². The van der Waals surface area contributed by atoms with E-state index in [0.29, 0.717) is 5.75 Å². The number of nitrogens with one attached hydrogen (secondary N) is 1. The van der Waals surface area contributed by atoms with Gasteiger partial charge in [-0.05, 0) is 24.0 Å². The van der Waals surface area contributed by atoms with Crippen LogP contribution in [0.4, 0.5) is 0 Å². The van der Waals surface area contributed by atoms with Crippen LogP contribution in [0.25, 0.3) is 0 Å². The number of halogens is 1. The number of benzene rings is 1. The average molecular weight is 360 g/mol. The Morgan fingerprint density at radius 1 is 1.35 bits per heavy atom. The number of hydrogen-bond acceptors (Lipinski definition) is 3. The van der Waals surface area contributed by atoms with Gasteiger partial charge < -0.3 is 10.4 Å². The highest BCUT2D eigenvalue weighted by molar-refractivity contribution is 9.10. The lowest BCUT2D eigenvalue weighted by Crippen LogP contribution is -2.34. The van der Waals surface area contributed by atoms with Crippen molar-refractivity contribution in [3.8, 4) is 0 Å². The zero-order valence-electron chi connectivity index (χ0n) is 11.4. The van der Waals surface area contributed by atoms with Crippen LogP contribution < -0.4 is 5.32 Å². The van der Waals surface area contributed by atoms with Crippen molar-refractivity contribution in [1.29, 1.82) is 0 Å². The predicted octanol–water partition coefficient (Wildman–Crippen LogP) is 3.08. The Morgan fingerprint density at radius 2 is 1.95 bits per heavy atom. The van der Waals surface area contributed by atoms with Gasteiger partial charge in [0, 0.05) is 16.1 Å². The molecule has 0 aromatic heterocycles. The molecule has 0 heterocycles. The molecule has 1 aromatic carbocycles. The van der Waals surface area contributed by atoms with E-state index in [0.717, 1.165) is 10.0 Å². The third-order valence-corrected chi connectivity index (χ3v) is 4.19. The van der Waals surface area contributed by atoms with E-state index in [9.17, 15) is 9.59 Å². The monoisotopic (exact) mass is 359 g/mol. The molecule has 0 radical (unpaired) electrons. The Bertz CT molecular complexity index is 464.